The minimum atomic E-state index is 0. The van der Waals surface area contributed by atoms with Crippen molar-refractivity contribution in [2.24, 2.45) is 0 Å². The third-order valence-corrected chi connectivity index (χ3v) is 5.68. The van der Waals surface area contributed by atoms with Crippen LogP contribution in [0.5, 0.6) is 0 Å². The van der Waals surface area contributed by atoms with Crippen LogP contribution in [-0.2, 0) is 0 Å². The Morgan fingerprint density at radius 3 is 1.97 bits per heavy atom. The van der Waals surface area contributed by atoms with Gasteiger partial charge in [0.2, 0.25) is 0 Å². The average Bonchev–Trinajstić information content (AvgIpc) is 3.18. The van der Waals surface area contributed by atoms with E-state index in [0.717, 1.165) is 0 Å². The van der Waals surface area contributed by atoms with Crippen molar-refractivity contribution in [1.82, 2.24) is 4.57 Å². The summed E-state index contributed by atoms with van der Waals surface area (Å²) >= 11 is 0. The highest BCUT2D eigenvalue weighted by atomic mass is 35.5. The lowest BCUT2D eigenvalue weighted by molar-refractivity contribution is -0.566. The van der Waals surface area contributed by atoms with Crippen molar-refractivity contribution in [3.05, 3.63) is 116 Å². The monoisotopic (exact) mass is 406 g/mol. The van der Waals surface area contributed by atoms with Gasteiger partial charge >= 0.3 is 0 Å². The summed E-state index contributed by atoms with van der Waals surface area (Å²) in [6.07, 6.45) is 2.22. The molecule has 0 atom stereocenters. The second-order valence-electron chi connectivity index (χ2n) is 7.34. The fourth-order valence-electron chi connectivity index (χ4n) is 4.33. The van der Waals surface area contributed by atoms with Crippen molar-refractivity contribution >= 4 is 32.6 Å². The number of rotatable bonds is 2. The van der Waals surface area contributed by atoms with E-state index < -0.39 is 0 Å². The maximum Gasteiger partial charge on any atom is 0.255 e. The van der Waals surface area contributed by atoms with Crippen molar-refractivity contribution < 1.29 is 17.0 Å². The molecule has 0 saturated heterocycles. The summed E-state index contributed by atoms with van der Waals surface area (Å²) in [6, 6.07) is 38.7. The van der Waals surface area contributed by atoms with Gasteiger partial charge in [0.05, 0.1) is 0 Å². The lowest BCUT2D eigenvalue weighted by Gasteiger charge is -2.04. The zero-order valence-electron chi connectivity index (χ0n) is 16.2. The molecule has 2 nitrogen and oxygen atoms in total. The summed E-state index contributed by atoms with van der Waals surface area (Å²) in [4.78, 5) is 0. The highest BCUT2D eigenvalue weighted by Crippen LogP contribution is 2.27. The van der Waals surface area contributed by atoms with E-state index in [-0.39, 0.29) is 12.4 Å². The number of fused-ring (bicyclic) bond motifs is 3. The Morgan fingerprint density at radius 2 is 1.13 bits per heavy atom. The Labute approximate surface area is 181 Å². The molecule has 0 N–H and O–H groups in total. The molecule has 0 aliphatic carbocycles. The molecule has 6 rings (SSSR count). The molecule has 1 aromatic heterocycles. The molecule has 0 saturated carbocycles. The van der Waals surface area contributed by atoms with Crippen LogP contribution in [0.25, 0.3) is 44.0 Å². The van der Waals surface area contributed by atoms with Crippen LogP contribution in [0.1, 0.15) is 0 Å². The molecule has 0 amide bonds. The van der Waals surface area contributed by atoms with Crippen LogP contribution in [0.4, 0.5) is 0 Å². The summed E-state index contributed by atoms with van der Waals surface area (Å²) < 4.78 is 4.61. The van der Waals surface area contributed by atoms with Crippen molar-refractivity contribution in [2.45, 2.75) is 0 Å². The number of benzene rings is 5. The van der Waals surface area contributed by atoms with Crippen molar-refractivity contribution in [3.63, 3.8) is 0 Å². The number of para-hydroxylation sites is 2. The van der Waals surface area contributed by atoms with Gasteiger partial charge < -0.3 is 12.4 Å². The highest BCUT2D eigenvalue weighted by molar-refractivity contribution is 5.92. The first kappa shape index (κ1) is 18.4. The largest absolute Gasteiger partial charge is 1.00 e. The third kappa shape index (κ3) is 2.77. The Bertz CT molecular complexity index is 1390. The van der Waals surface area contributed by atoms with E-state index in [1.54, 1.807) is 0 Å². The van der Waals surface area contributed by atoms with Crippen molar-refractivity contribution in [2.75, 3.05) is 0 Å². The predicted octanol–water partition coefficient (Wildman–Crippen LogP) is 3.22. The second kappa shape index (κ2) is 7.33. The quantitative estimate of drug-likeness (QED) is 0.390. The van der Waals surface area contributed by atoms with Gasteiger partial charge in [-0.15, -0.1) is 0 Å². The first-order chi connectivity index (χ1) is 14.4. The lowest BCUT2D eigenvalue weighted by atomic mass is 10.1. The van der Waals surface area contributed by atoms with Gasteiger partial charge in [0.15, 0.2) is 11.0 Å². The normalized spacial score (nSPS) is 11.1. The fraction of sp³-hybridized carbons (Fsp3) is 0. The Morgan fingerprint density at radius 1 is 0.533 bits per heavy atom. The summed E-state index contributed by atoms with van der Waals surface area (Å²) in [6.45, 7) is 0. The van der Waals surface area contributed by atoms with Crippen molar-refractivity contribution in [1.29, 1.82) is 0 Å². The first-order valence-corrected chi connectivity index (χ1v) is 9.88. The molecule has 0 aliphatic rings. The maximum atomic E-state index is 2.30. The molecule has 144 valence electrons. The van der Waals surface area contributed by atoms with Crippen LogP contribution in [-0.4, -0.2) is 4.57 Å². The molecule has 30 heavy (non-hydrogen) atoms. The van der Waals surface area contributed by atoms with Crippen molar-refractivity contribution in [3.8, 4) is 11.4 Å². The maximum absolute atomic E-state index is 2.30. The molecular weight excluding hydrogens is 388 g/mol. The Hall–Kier alpha value is -3.62. The molecule has 0 bridgehead atoms. The molecule has 0 spiro atoms. The summed E-state index contributed by atoms with van der Waals surface area (Å²) in [5, 5.41) is 5.00. The van der Waals surface area contributed by atoms with E-state index in [1.807, 2.05) is 0 Å². The summed E-state index contributed by atoms with van der Waals surface area (Å²) in [5.74, 6) is 0. The smallest absolute Gasteiger partial charge is 0.255 e. The van der Waals surface area contributed by atoms with Gasteiger partial charge in [0, 0.05) is 10.8 Å². The van der Waals surface area contributed by atoms with E-state index in [2.05, 4.69) is 125 Å². The number of nitrogens with zero attached hydrogens (tertiary/aromatic N) is 2. The molecule has 6 aromatic rings. The van der Waals surface area contributed by atoms with Crippen LogP contribution in [0.15, 0.2) is 116 Å². The molecule has 0 unspecified atom stereocenters. The predicted molar refractivity (Wildman–Crippen MR) is 120 cm³/mol. The minimum Gasteiger partial charge on any atom is -1.00 e. The van der Waals surface area contributed by atoms with Crippen LogP contribution in [0.2, 0.25) is 0 Å². The van der Waals surface area contributed by atoms with Gasteiger partial charge in [-0.05, 0) is 35.0 Å². The summed E-state index contributed by atoms with van der Waals surface area (Å²) in [5.41, 5.74) is 4.77. The van der Waals surface area contributed by atoms with Gasteiger partial charge in [0.1, 0.15) is 11.4 Å². The number of imidazole rings is 1. The zero-order chi connectivity index (χ0) is 19.2. The van der Waals surface area contributed by atoms with Gasteiger partial charge in [0.25, 0.3) is 6.33 Å². The second-order valence-corrected chi connectivity index (χ2v) is 7.34. The van der Waals surface area contributed by atoms with E-state index in [9.17, 15) is 0 Å². The Kier molecular flexibility index (Phi) is 4.50. The molecule has 0 radical (unpaired) electrons. The molecule has 0 fully saturated rings. The molecule has 0 aliphatic heterocycles. The van der Waals surface area contributed by atoms with Crippen LogP contribution in [0.3, 0.4) is 0 Å². The van der Waals surface area contributed by atoms with E-state index >= 15 is 0 Å². The number of hydrogen-bond acceptors (Lipinski definition) is 0. The standard InChI is InChI=1S/C27H19N2.ClH/c1-3-13-22-20(9-1)11-7-17-24(22)28-19-29(27-16-6-5-15-26(27)28)25-18-8-12-21-10-2-4-14-23(21)25;/h1-19H;1H/q+1;/p-1. The van der Waals surface area contributed by atoms with Gasteiger partial charge in [-0.2, -0.15) is 9.13 Å². The lowest BCUT2D eigenvalue weighted by Crippen LogP contribution is -3.00. The molecule has 3 heteroatoms. The molecule has 1 heterocycles. The number of aromatic nitrogens is 2. The molecular formula is C27H19ClN2. The topological polar surface area (TPSA) is 8.81 Å². The van der Waals surface area contributed by atoms with E-state index in [0.29, 0.717) is 0 Å². The van der Waals surface area contributed by atoms with E-state index in [4.69, 9.17) is 0 Å². The number of halogens is 1. The Balaban J connectivity index is 0.00000193. The summed E-state index contributed by atoms with van der Waals surface area (Å²) in [7, 11) is 0. The zero-order valence-corrected chi connectivity index (χ0v) is 17.0. The van der Waals surface area contributed by atoms with Gasteiger partial charge in [-0.25, -0.2) is 0 Å². The van der Waals surface area contributed by atoms with Gasteiger partial charge in [-0.1, -0.05) is 84.9 Å². The molecule has 5 aromatic carbocycles. The fourth-order valence-corrected chi connectivity index (χ4v) is 4.33. The highest BCUT2D eigenvalue weighted by Gasteiger charge is 2.20. The minimum absolute atomic E-state index is 0. The first-order valence-electron chi connectivity index (χ1n) is 9.88. The number of hydrogen-bond donors (Lipinski definition) is 0. The van der Waals surface area contributed by atoms with E-state index in [1.165, 1.54) is 44.0 Å². The van der Waals surface area contributed by atoms with Crippen LogP contribution in [0, 0.1) is 0 Å². The van der Waals surface area contributed by atoms with Gasteiger partial charge in [-0.3, -0.25) is 0 Å². The van der Waals surface area contributed by atoms with Crippen LogP contribution >= 0.6 is 0 Å². The average molecular weight is 407 g/mol. The third-order valence-electron chi connectivity index (χ3n) is 5.68. The SMILES string of the molecule is [Cl-].c1ccc2c(-n3c[n+](-c4cccc5ccccc45)c4ccccc43)cccc2c1. The van der Waals surface area contributed by atoms with Crippen LogP contribution < -0.4 is 17.0 Å².